The van der Waals surface area contributed by atoms with Crippen molar-refractivity contribution >= 4 is 21.4 Å². The molecule has 2 aromatic heterocycles. The van der Waals surface area contributed by atoms with Gasteiger partial charge in [0.2, 0.25) is 0 Å². The Hall–Kier alpha value is -1.35. The van der Waals surface area contributed by atoms with Crippen LogP contribution in [0.2, 0.25) is 0 Å². The number of hydrogen-bond donors (Lipinski definition) is 2. The van der Waals surface area contributed by atoms with Crippen LogP contribution in [0, 0.1) is 0 Å². The first kappa shape index (κ1) is 16.0. The highest BCUT2D eigenvalue weighted by Gasteiger charge is 2.14. The average molecular weight is 326 g/mol. The monoisotopic (exact) mass is 326 g/mol. The van der Waals surface area contributed by atoms with Crippen molar-refractivity contribution < 1.29 is 8.42 Å². The molecule has 0 aliphatic carbocycles. The largest absolute Gasteiger partial charge is 0.313 e. The van der Waals surface area contributed by atoms with E-state index in [1.807, 2.05) is 12.3 Å². The van der Waals surface area contributed by atoms with Crippen molar-refractivity contribution in [1.82, 2.24) is 20.0 Å². The van der Waals surface area contributed by atoms with Gasteiger partial charge in [0.1, 0.15) is 0 Å². The Morgan fingerprint density at radius 1 is 1.29 bits per heavy atom. The van der Waals surface area contributed by atoms with Crippen LogP contribution in [0.4, 0.5) is 0 Å². The molecule has 0 atom stereocenters. The molecule has 2 N–H and O–H groups in total. The van der Waals surface area contributed by atoms with Crippen molar-refractivity contribution in [1.29, 1.82) is 0 Å². The van der Waals surface area contributed by atoms with Gasteiger partial charge in [0, 0.05) is 31.1 Å². The molecule has 0 aliphatic rings. The molecule has 0 fully saturated rings. The summed E-state index contributed by atoms with van der Waals surface area (Å²) in [5.74, 6) is 0. The van der Waals surface area contributed by atoms with Crippen LogP contribution in [0.1, 0.15) is 18.2 Å². The molecule has 2 heterocycles. The molecule has 0 unspecified atom stereocenters. The molecule has 2 rings (SSSR count). The van der Waals surface area contributed by atoms with E-state index in [1.165, 1.54) is 17.4 Å². The molecular formula is C13H18N4O2S2. The third-order valence-electron chi connectivity index (χ3n) is 2.81. The number of pyridine rings is 1. The van der Waals surface area contributed by atoms with Gasteiger partial charge in [-0.1, -0.05) is 13.0 Å². The Balaban J connectivity index is 1.92. The Morgan fingerprint density at radius 3 is 2.76 bits per heavy atom. The molecular weight excluding hydrogens is 308 g/mol. The summed E-state index contributed by atoms with van der Waals surface area (Å²) < 4.78 is 26.7. The lowest BCUT2D eigenvalue weighted by Gasteiger charge is -2.06. The Labute approximate surface area is 128 Å². The predicted octanol–water partition coefficient (Wildman–Crippen LogP) is 1.17. The van der Waals surface area contributed by atoms with E-state index in [0.29, 0.717) is 19.5 Å². The number of aromatic nitrogens is 2. The standard InChI is InChI=1S/C13H18N4O2S2/c1-2-14-7-11-3-4-13(15-8-11)21(18,19)17-6-5-12-9-20-10-16-12/h3-4,8-10,14,17H,2,5-7H2,1H3. The van der Waals surface area contributed by atoms with E-state index in [9.17, 15) is 8.42 Å². The van der Waals surface area contributed by atoms with Gasteiger partial charge in [0.25, 0.3) is 10.0 Å². The summed E-state index contributed by atoms with van der Waals surface area (Å²) >= 11 is 1.50. The van der Waals surface area contributed by atoms with Crippen LogP contribution in [0.25, 0.3) is 0 Å². The first-order valence-electron chi connectivity index (χ1n) is 6.64. The van der Waals surface area contributed by atoms with Gasteiger partial charge in [-0.15, -0.1) is 11.3 Å². The fourth-order valence-corrected chi connectivity index (χ4v) is 3.24. The topological polar surface area (TPSA) is 84.0 Å². The average Bonchev–Trinajstić information content (AvgIpc) is 2.98. The van der Waals surface area contributed by atoms with Crippen LogP contribution in [0.15, 0.2) is 34.2 Å². The lowest BCUT2D eigenvalue weighted by Crippen LogP contribution is -2.27. The molecule has 0 amide bonds. The van der Waals surface area contributed by atoms with Crippen molar-refractivity contribution in [3.63, 3.8) is 0 Å². The smallest absolute Gasteiger partial charge is 0.258 e. The highest BCUT2D eigenvalue weighted by Crippen LogP contribution is 2.07. The highest BCUT2D eigenvalue weighted by atomic mass is 32.2. The van der Waals surface area contributed by atoms with Crippen molar-refractivity contribution in [2.45, 2.75) is 24.9 Å². The molecule has 0 radical (unpaired) electrons. The molecule has 114 valence electrons. The van der Waals surface area contributed by atoms with Crippen LogP contribution in [-0.4, -0.2) is 31.5 Å². The Morgan fingerprint density at radius 2 is 2.14 bits per heavy atom. The van der Waals surface area contributed by atoms with Crippen LogP contribution in [0.5, 0.6) is 0 Å². The van der Waals surface area contributed by atoms with Gasteiger partial charge in [-0.25, -0.2) is 23.1 Å². The minimum atomic E-state index is -3.56. The van der Waals surface area contributed by atoms with Crippen molar-refractivity contribution in [2.75, 3.05) is 13.1 Å². The third-order valence-corrected chi connectivity index (χ3v) is 4.82. The fraction of sp³-hybridized carbons (Fsp3) is 0.385. The van der Waals surface area contributed by atoms with Gasteiger partial charge < -0.3 is 5.32 Å². The molecule has 0 bridgehead atoms. The second-order valence-corrected chi connectivity index (χ2v) is 6.85. The number of nitrogens with zero attached hydrogens (tertiary/aromatic N) is 2. The number of thiazole rings is 1. The Bertz CT molecular complexity index is 639. The highest BCUT2D eigenvalue weighted by molar-refractivity contribution is 7.89. The second kappa shape index (κ2) is 7.60. The maximum absolute atomic E-state index is 12.1. The van der Waals surface area contributed by atoms with Crippen LogP contribution < -0.4 is 10.0 Å². The van der Waals surface area contributed by atoms with Gasteiger partial charge in [-0.2, -0.15) is 0 Å². The maximum Gasteiger partial charge on any atom is 0.258 e. The van der Waals surface area contributed by atoms with Crippen LogP contribution in [0.3, 0.4) is 0 Å². The quantitative estimate of drug-likeness (QED) is 0.761. The zero-order chi connectivity index (χ0) is 15.1. The van der Waals surface area contributed by atoms with E-state index >= 15 is 0 Å². The molecule has 6 nitrogen and oxygen atoms in total. The molecule has 0 saturated heterocycles. The first-order chi connectivity index (χ1) is 10.1. The van der Waals surface area contributed by atoms with Gasteiger partial charge in [-0.3, -0.25) is 0 Å². The van der Waals surface area contributed by atoms with Crippen molar-refractivity contribution in [3.8, 4) is 0 Å². The summed E-state index contributed by atoms with van der Waals surface area (Å²) in [6, 6.07) is 3.29. The zero-order valence-electron chi connectivity index (χ0n) is 11.7. The summed E-state index contributed by atoms with van der Waals surface area (Å²) in [6.45, 7) is 3.87. The van der Waals surface area contributed by atoms with Gasteiger partial charge in [0.15, 0.2) is 5.03 Å². The number of hydrogen-bond acceptors (Lipinski definition) is 6. The molecule has 0 aromatic carbocycles. The van der Waals surface area contributed by atoms with E-state index < -0.39 is 10.0 Å². The number of nitrogens with one attached hydrogen (secondary N) is 2. The van der Waals surface area contributed by atoms with Crippen LogP contribution >= 0.6 is 11.3 Å². The predicted molar refractivity (Wildman–Crippen MR) is 82.6 cm³/mol. The first-order valence-corrected chi connectivity index (χ1v) is 9.07. The lowest BCUT2D eigenvalue weighted by molar-refractivity contribution is 0.577. The van der Waals surface area contributed by atoms with Crippen molar-refractivity contribution in [3.05, 3.63) is 40.5 Å². The van der Waals surface area contributed by atoms with Gasteiger partial charge >= 0.3 is 0 Å². The zero-order valence-corrected chi connectivity index (χ0v) is 13.4. The van der Waals surface area contributed by atoms with E-state index in [0.717, 1.165) is 17.8 Å². The van der Waals surface area contributed by atoms with E-state index in [2.05, 4.69) is 20.0 Å². The molecule has 0 aliphatic heterocycles. The summed E-state index contributed by atoms with van der Waals surface area (Å²) in [7, 11) is -3.56. The number of rotatable bonds is 8. The van der Waals surface area contributed by atoms with Crippen molar-refractivity contribution in [2.24, 2.45) is 0 Å². The molecule has 0 saturated carbocycles. The molecule has 21 heavy (non-hydrogen) atoms. The fourth-order valence-electron chi connectivity index (χ4n) is 1.69. The minimum absolute atomic E-state index is 0.0426. The summed E-state index contributed by atoms with van der Waals surface area (Å²) in [6.07, 6.45) is 2.15. The molecule has 8 heteroatoms. The maximum atomic E-state index is 12.1. The van der Waals surface area contributed by atoms with E-state index in [1.54, 1.807) is 17.8 Å². The lowest BCUT2D eigenvalue weighted by atomic mass is 10.3. The van der Waals surface area contributed by atoms with Gasteiger partial charge in [-0.05, 0) is 18.2 Å². The third kappa shape index (κ3) is 4.85. The van der Waals surface area contributed by atoms with E-state index in [-0.39, 0.29) is 5.03 Å². The summed E-state index contributed by atoms with van der Waals surface area (Å²) in [5, 5.41) is 5.11. The SMILES string of the molecule is CCNCc1ccc(S(=O)(=O)NCCc2cscn2)nc1. The number of sulfonamides is 1. The van der Waals surface area contributed by atoms with E-state index in [4.69, 9.17) is 0 Å². The molecule has 0 spiro atoms. The minimum Gasteiger partial charge on any atom is -0.313 e. The second-order valence-electron chi connectivity index (χ2n) is 4.41. The summed E-state index contributed by atoms with van der Waals surface area (Å²) in [4.78, 5) is 8.12. The summed E-state index contributed by atoms with van der Waals surface area (Å²) in [5.41, 5.74) is 3.57. The van der Waals surface area contributed by atoms with Crippen LogP contribution in [-0.2, 0) is 23.0 Å². The Kier molecular flexibility index (Phi) is 5.80. The van der Waals surface area contributed by atoms with Gasteiger partial charge in [0.05, 0.1) is 11.2 Å². The molecule has 2 aromatic rings. The normalized spacial score (nSPS) is 11.7.